The molecule has 0 saturated heterocycles. The number of amides is 1. The summed E-state index contributed by atoms with van der Waals surface area (Å²) in [5.41, 5.74) is 0.556. The number of nitrogens with one attached hydrogen (secondary N) is 1. The Morgan fingerprint density at radius 3 is 2.48 bits per heavy atom. The quantitative estimate of drug-likeness (QED) is 0.776. The van der Waals surface area contributed by atoms with Gasteiger partial charge < -0.3 is 24.3 Å². The number of rotatable bonds is 6. The highest BCUT2D eigenvalue weighted by Gasteiger charge is 2.20. The second-order valence-corrected chi connectivity index (χ2v) is 5.51. The number of alkyl halides is 2. The third kappa shape index (κ3) is 4.63. The van der Waals surface area contributed by atoms with Crippen LogP contribution < -0.4 is 19.5 Å². The van der Waals surface area contributed by atoms with Crippen molar-refractivity contribution in [1.82, 2.24) is 0 Å². The van der Waals surface area contributed by atoms with Crippen molar-refractivity contribution in [3.8, 4) is 17.2 Å². The maximum atomic E-state index is 12.2. The normalized spacial score (nSPS) is 13.2. The van der Waals surface area contributed by atoms with Crippen LogP contribution in [0.1, 0.15) is 17.3 Å². The summed E-state index contributed by atoms with van der Waals surface area (Å²) in [6.45, 7) is -1.43. The first-order chi connectivity index (χ1) is 12.9. The molecular weight excluding hydrogens is 364 g/mol. The van der Waals surface area contributed by atoms with Gasteiger partial charge in [0.15, 0.2) is 17.6 Å². The molecule has 0 bridgehead atoms. The van der Waals surface area contributed by atoms with Gasteiger partial charge in [-0.15, -0.1) is 0 Å². The van der Waals surface area contributed by atoms with Gasteiger partial charge in [0.1, 0.15) is 5.75 Å². The molecule has 0 radical (unpaired) electrons. The molecule has 0 aromatic heterocycles. The first kappa shape index (κ1) is 18.4. The Morgan fingerprint density at radius 2 is 1.78 bits per heavy atom. The second kappa shape index (κ2) is 7.90. The molecule has 0 fully saturated rings. The third-order valence-electron chi connectivity index (χ3n) is 3.61. The zero-order valence-electron chi connectivity index (χ0n) is 14.1. The molecular formula is C18H15F2NO6. The Balaban J connectivity index is 1.56. The molecule has 7 nitrogen and oxygen atoms in total. The van der Waals surface area contributed by atoms with Crippen LogP contribution in [0.25, 0.3) is 0 Å². The molecule has 0 aliphatic carbocycles. The predicted octanol–water partition coefficient (Wildman–Crippen LogP) is 3.20. The van der Waals surface area contributed by atoms with Gasteiger partial charge in [0.2, 0.25) is 6.79 Å². The molecule has 0 unspecified atom stereocenters. The van der Waals surface area contributed by atoms with Crippen LogP contribution in [0.3, 0.4) is 0 Å². The van der Waals surface area contributed by atoms with Gasteiger partial charge in [-0.3, -0.25) is 4.79 Å². The van der Waals surface area contributed by atoms with Crippen LogP contribution in [0.5, 0.6) is 17.2 Å². The first-order valence-corrected chi connectivity index (χ1v) is 7.89. The molecule has 1 N–H and O–H groups in total. The molecule has 0 spiro atoms. The fourth-order valence-corrected chi connectivity index (χ4v) is 2.27. The highest BCUT2D eigenvalue weighted by molar-refractivity contribution is 5.97. The van der Waals surface area contributed by atoms with Gasteiger partial charge in [0.05, 0.1) is 5.56 Å². The van der Waals surface area contributed by atoms with Gasteiger partial charge in [-0.05, 0) is 43.3 Å². The van der Waals surface area contributed by atoms with Crippen molar-refractivity contribution in [2.75, 3.05) is 12.1 Å². The van der Waals surface area contributed by atoms with Crippen molar-refractivity contribution in [1.29, 1.82) is 0 Å². The highest BCUT2D eigenvalue weighted by atomic mass is 19.3. The minimum absolute atomic E-state index is 0.0878. The fraction of sp³-hybridized carbons (Fsp3) is 0.222. The molecule has 1 aliphatic rings. The van der Waals surface area contributed by atoms with Gasteiger partial charge in [0, 0.05) is 11.8 Å². The van der Waals surface area contributed by atoms with Gasteiger partial charge in [-0.25, -0.2) is 4.79 Å². The van der Waals surface area contributed by atoms with Gasteiger partial charge >= 0.3 is 12.6 Å². The van der Waals surface area contributed by atoms with Gasteiger partial charge in [-0.1, -0.05) is 0 Å². The van der Waals surface area contributed by atoms with Gasteiger partial charge in [0.25, 0.3) is 5.91 Å². The summed E-state index contributed by atoms with van der Waals surface area (Å²) in [7, 11) is 0. The SMILES string of the molecule is C[C@H](OC(=O)c1ccc(OC(F)F)cc1)C(=O)Nc1ccc2c(c1)OCO2. The minimum Gasteiger partial charge on any atom is -0.454 e. The van der Waals surface area contributed by atoms with Crippen LogP contribution in [0.15, 0.2) is 42.5 Å². The van der Waals surface area contributed by atoms with Crippen LogP contribution in [-0.4, -0.2) is 31.4 Å². The summed E-state index contributed by atoms with van der Waals surface area (Å²) < 4.78 is 43.9. The van der Waals surface area contributed by atoms with E-state index < -0.39 is 24.6 Å². The van der Waals surface area contributed by atoms with E-state index in [1.165, 1.54) is 31.2 Å². The van der Waals surface area contributed by atoms with E-state index in [9.17, 15) is 18.4 Å². The van der Waals surface area contributed by atoms with Crippen LogP contribution in [0.4, 0.5) is 14.5 Å². The Morgan fingerprint density at radius 1 is 1.07 bits per heavy atom. The molecule has 1 atom stereocenters. The van der Waals surface area contributed by atoms with Crippen LogP contribution >= 0.6 is 0 Å². The highest BCUT2D eigenvalue weighted by Crippen LogP contribution is 2.34. The molecule has 3 rings (SSSR count). The largest absolute Gasteiger partial charge is 0.454 e. The van der Waals surface area contributed by atoms with Crippen molar-refractivity contribution < 1.29 is 37.3 Å². The first-order valence-electron chi connectivity index (χ1n) is 7.89. The average molecular weight is 379 g/mol. The van der Waals surface area contributed by atoms with Crippen LogP contribution in [0.2, 0.25) is 0 Å². The summed E-state index contributed by atoms with van der Waals surface area (Å²) in [4.78, 5) is 24.3. The number of hydrogen-bond acceptors (Lipinski definition) is 6. The minimum atomic E-state index is -2.96. The van der Waals surface area contributed by atoms with Crippen molar-refractivity contribution >= 4 is 17.6 Å². The van der Waals surface area contributed by atoms with Gasteiger partial charge in [-0.2, -0.15) is 8.78 Å². The zero-order chi connectivity index (χ0) is 19.4. The number of anilines is 1. The number of fused-ring (bicyclic) bond motifs is 1. The molecule has 1 aliphatic heterocycles. The molecule has 0 saturated carbocycles. The summed E-state index contributed by atoms with van der Waals surface area (Å²) in [6.07, 6.45) is -1.08. The van der Waals surface area contributed by atoms with Crippen molar-refractivity contribution in [2.24, 2.45) is 0 Å². The fourth-order valence-electron chi connectivity index (χ4n) is 2.27. The van der Waals surface area contributed by atoms with E-state index in [0.717, 1.165) is 0 Å². The Hall–Kier alpha value is -3.36. The number of hydrogen-bond donors (Lipinski definition) is 1. The van der Waals surface area contributed by atoms with E-state index in [0.29, 0.717) is 17.2 Å². The number of ether oxygens (including phenoxy) is 4. The molecule has 9 heteroatoms. The average Bonchev–Trinajstić information content (AvgIpc) is 3.09. The third-order valence-corrected chi connectivity index (χ3v) is 3.61. The van der Waals surface area contributed by atoms with Crippen LogP contribution in [-0.2, 0) is 9.53 Å². The summed E-state index contributed by atoms with van der Waals surface area (Å²) in [5, 5.41) is 2.60. The Bertz CT molecular complexity index is 840. The van der Waals surface area contributed by atoms with E-state index in [1.807, 2.05) is 0 Å². The standard InChI is InChI=1S/C18H15F2NO6/c1-10(16(22)21-12-4-7-14-15(8-12)25-9-24-14)26-17(23)11-2-5-13(6-3-11)27-18(19)20/h2-8,10,18H,9H2,1H3,(H,21,22)/t10-/m0/s1. The second-order valence-electron chi connectivity index (χ2n) is 5.51. The molecule has 142 valence electrons. The monoisotopic (exact) mass is 379 g/mol. The molecule has 27 heavy (non-hydrogen) atoms. The molecule has 2 aromatic rings. The van der Waals surface area contributed by atoms with E-state index >= 15 is 0 Å². The predicted molar refractivity (Wildman–Crippen MR) is 89.1 cm³/mol. The van der Waals surface area contributed by atoms with Crippen molar-refractivity contribution in [3.05, 3.63) is 48.0 Å². The molecule has 2 aromatic carbocycles. The number of esters is 1. The van der Waals surface area contributed by atoms with Crippen molar-refractivity contribution in [3.63, 3.8) is 0 Å². The lowest BCUT2D eigenvalue weighted by Gasteiger charge is -2.14. The van der Waals surface area contributed by atoms with E-state index in [4.69, 9.17) is 14.2 Å². The van der Waals surface area contributed by atoms with E-state index in [-0.39, 0.29) is 18.1 Å². The Kier molecular flexibility index (Phi) is 5.39. The summed E-state index contributed by atoms with van der Waals surface area (Å²) in [6, 6.07) is 9.82. The lowest BCUT2D eigenvalue weighted by Crippen LogP contribution is -2.30. The number of carbonyl (C=O) groups is 2. The maximum absolute atomic E-state index is 12.2. The Labute approximate surface area is 152 Å². The lowest BCUT2D eigenvalue weighted by atomic mass is 10.2. The number of halogens is 2. The lowest BCUT2D eigenvalue weighted by molar-refractivity contribution is -0.123. The zero-order valence-corrected chi connectivity index (χ0v) is 14.1. The van der Waals surface area contributed by atoms with Crippen LogP contribution in [0, 0.1) is 0 Å². The van der Waals surface area contributed by atoms with Crippen molar-refractivity contribution in [2.45, 2.75) is 19.6 Å². The van der Waals surface area contributed by atoms with E-state index in [1.54, 1.807) is 18.2 Å². The topological polar surface area (TPSA) is 83.1 Å². The van der Waals surface area contributed by atoms with E-state index in [2.05, 4.69) is 10.1 Å². The molecule has 1 heterocycles. The summed E-state index contributed by atoms with van der Waals surface area (Å²) >= 11 is 0. The molecule has 1 amide bonds. The maximum Gasteiger partial charge on any atom is 0.387 e. The smallest absolute Gasteiger partial charge is 0.387 e. The number of carbonyl (C=O) groups excluding carboxylic acids is 2. The number of benzene rings is 2. The summed E-state index contributed by atoms with van der Waals surface area (Å²) in [5.74, 6) is -0.322.